The van der Waals surface area contributed by atoms with Gasteiger partial charge in [0.2, 0.25) is 0 Å². The van der Waals surface area contributed by atoms with Gasteiger partial charge in [-0.2, -0.15) is 5.26 Å². The van der Waals surface area contributed by atoms with Crippen LogP contribution >= 0.6 is 0 Å². The third-order valence-electron chi connectivity index (χ3n) is 3.74. The Kier molecular flexibility index (Phi) is 5.65. The van der Waals surface area contributed by atoms with Gasteiger partial charge in [0.1, 0.15) is 5.75 Å². The highest BCUT2D eigenvalue weighted by atomic mass is 16.5. The molecule has 2 aromatic carbocycles. The van der Waals surface area contributed by atoms with Gasteiger partial charge in [-0.05, 0) is 53.6 Å². The lowest BCUT2D eigenvalue weighted by atomic mass is 10.0. The highest BCUT2D eigenvalue weighted by Gasteiger charge is 2.08. The number of hydrogen-bond donors (Lipinski definition) is 0. The number of ether oxygens (including phenoxy) is 3. The summed E-state index contributed by atoms with van der Waals surface area (Å²) < 4.78 is 16.2. The lowest BCUT2D eigenvalue weighted by Gasteiger charge is -2.09. The second-order valence-electron chi connectivity index (χ2n) is 5.45. The van der Waals surface area contributed by atoms with E-state index in [9.17, 15) is 5.26 Å². The molecule has 0 aliphatic heterocycles. The molecular formula is C21H17N3O3. The minimum absolute atomic E-state index is 0.263. The summed E-state index contributed by atoms with van der Waals surface area (Å²) in [7, 11) is 3.13. The van der Waals surface area contributed by atoms with E-state index in [1.165, 1.54) is 0 Å². The van der Waals surface area contributed by atoms with Gasteiger partial charge in [0, 0.05) is 12.4 Å². The Labute approximate surface area is 157 Å². The summed E-state index contributed by atoms with van der Waals surface area (Å²) >= 11 is 0. The minimum Gasteiger partial charge on any atom is -0.493 e. The first-order valence-corrected chi connectivity index (χ1v) is 8.12. The molecule has 0 spiro atoms. The largest absolute Gasteiger partial charge is 0.493 e. The molecule has 0 saturated carbocycles. The first-order valence-electron chi connectivity index (χ1n) is 8.12. The molecule has 3 rings (SSSR count). The zero-order valence-electron chi connectivity index (χ0n) is 14.9. The van der Waals surface area contributed by atoms with Gasteiger partial charge in [-0.1, -0.05) is 12.1 Å². The number of hydrogen-bond acceptors (Lipinski definition) is 6. The summed E-state index contributed by atoms with van der Waals surface area (Å²) in [4.78, 5) is 8.07. The van der Waals surface area contributed by atoms with Gasteiger partial charge in [-0.15, -0.1) is 0 Å². The smallest absolute Gasteiger partial charge is 0.321 e. The Hall–Kier alpha value is -3.85. The van der Waals surface area contributed by atoms with Crippen molar-refractivity contribution in [3.63, 3.8) is 0 Å². The van der Waals surface area contributed by atoms with Gasteiger partial charge >= 0.3 is 6.01 Å². The molecule has 0 aliphatic carbocycles. The minimum atomic E-state index is 0.263. The molecule has 3 aromatic rings. The van der Waals surface area contributed by atoms with E-state index in [2.05, 4.69) is 16.0 Å². The number of benzene rings is 2. The Balaban J connectivity index is 1.90. The van der Waals surface area contributed by atoms with Crippen molar-refractivity contribution >= 4 is 11.6 Å². The van der Waals surface area contributed by atoms with E-state index in [1.54, 1.807) is 57.0 Å². The summed E-state index contributed by atoms with van der Waals surface area (Å²) in [5.41, 5.74) is 2.03. The van der Waals surface area contributed by atoms with Crippen LogP contribution in [0.4, 0.5) is 0 Å². The van der Waals surface area contributed by atoms with E-state index in [0.717, 1.165) is 11.1 Å². The number of rotatable bonds is 6. The standard InChI is InChI=1S/C21H17N3O3/c1-25-19-8-7-16(13-20(19)26-2)17(14-22)11-15-5-3-6-18(12-15)27-21-23-9-4-10-24-21/h3-13H,1-2H3/b17-11+. The van der Waals surface area contributed by atoms with Crippen molar-refractivity contribution in [3.05, 3.63) is 72.1 Å². The molecule has 6 heteroatoms. The molecule has 0 radical (unpaired) electrons. The van der Waals surface area contributed by atoms with Crippen molar-refractivity contribution in [3.8, 4) is 29.3 Å². The Morgan fingerprint density at radius 1 is 0.963 bits per heavy atom. The van der Waals surface area contributed by atoms with Gasteiger partial charge in [-0.3, -0.25) is 0 Å². The maximum atomic E-state index is 9.59. The average Bonchev–Trinajstić information content (AvgIpc) is 2.72. The molecule has 0 saturated heterocycles. The molecule has 0 N–H and O–H groups in total. The van der Waals surface area contributed by atoms with Gasteiger partial charge in [0.05, 0.1) is 25.9 Å². The van der Waals surface area contributed by atoms with Crippen molar-refractivity contribution in [1.29, 1.82) is 5.26 Å². The number of aromatic nitrogens is 2. The summed E-state index contributed by atoms with van der Waals surface area (Å²) in [6, 6.07) is 16.9. The summed E-state index contributed by atoms with van der Waals surface area (Å²) in [5.74, 6) is 1.76. The van der Waals surface area contributed by atoms with Crippen molar-refractivity contribution in [1.82, 2.24) is 9.97 Å². The van der Waals surface area contributed by atoms with Gasteiger partial charge in [0.15, 0.2) is 11.5 Å². The quantitative estimate of drug-likeness (QED) is 0.481. The predicted octanol–water partition coefficient (Wildman–Crippen LogP) is 4.35. The van der Waals surface area contributed by atoms with E-state index in [0.29, 0.717) is 22.8 Å². The molecule has 0 unspecified atom stereocenters. The van der Waals surface area contributed by atoms with Crippen molar-refractivity contribution < 1.29 is 14.2 Å². The number of nitriles is 1. The molecular weight excluding hydrogens is 342 g/mol. The van der Waals surface area contributed by atoms with Crippen LogP contribution in [0.2, 0.25) is 0 Å². The fraction of sp³-hybridized carbons (Fsp3) is 0.0952. The van der Waals surface area contributed by atoms with Gasteiger partial charge < -0.3 is 14.2 Å². The number of allylic oxidation sites excluding steroid dienone is 1. The van der Waals surface area contributed by atoms with Crippen LogP contribution < -0.4 is 14.2 Å². The second-order valence-corrected chi connectivity index (χ2v) is 5.45. The Morgan fingerprint density at radius 3 is 2.44 bits per heavy atom. The van der Waals surface area contributed by atoms with Gasteiger partial charge in [-0.25, -0.2) is 9.97 Å². The molecule has 27 heavy (non-hydrogen) atoms. The van der Waals surface area contributed by atoms with E-state index in [1.807, 2.05) is 24.3 Å². The summed E-state index contributed by atoms with van der Waals surface area (Å²) in [6.45, 7) is 0. The molecule has 0 amide bonds. The fourth-order valence-corrected chi connectivity index (χ4v) is 2.46. The molecule has 1 heterocycles. The predicted molar refractivity (Wildman–Crippen MR) is 102 cm³/mol. The summed E-state index contributed by atoms with van der Waals surface area (Å²) in [5, 5.41) is 9.59. The molecule has 0 bridgehead atoms. The maximum Gasteiger partial charge on any atom is 0.321 e. The van der Waals surface area contributed by atoms with Crippen LogP contribution in [0.5, 0.6) is 23.3 Å². The normalized spacial score (nSPS) is 10.8. The van der Waals surface area contributed by atoms with Crippen LogP contribution in [-0.4, -0.2) is 24.2 Å². The van der Waals surface area contributed by atoms with E-state index in [-0.39, 0.29) is 6.01 Å². The van der Waals surface area contributed by atoms with Crippen molar-refractivity contribution in [2.45, 2.75) is 0 Å². The van der Waals surface area contributed by atoms with Gasteiger partial charge in [0.25, 0.3) is 0 Å². The Morgan fingerprint density at radius 2 is 1.74 bits per heavy atom. The maximum absolute atomic E-state index is 9.59. The van der Waals surface area contributed by atoms with Crippen LogP contribution in [0, 0.1) is 11.3 Å². The topological polar surface area (TPSA) is 77.3 Å². The molecule has 134 valence electrons. The van der Waals surface area contributed by atoms with Crippen molar-refractivity contribution in [2.75, 3.05) is 14.2 Å². The lowest BCUT2D eigenvalue weighted by molar-refractivity contribution is 0.355. The highest BCUT2D eigenvalue weighted by molar-refractivity contribution is 5.90. The summed E-state index contributed by atoms with van der Waals surface area (Å²) in [6.07, 6.45) is 4.99. The molecule has 0 aliphatic rings. The monoisotopic (exact) mass is 359 g/mol. The number of methoxy groups -OCH3 is 2. The van der Waals surface area contributed by atoms with Crippen molar-refractivity contribution in [2.24, 2.45) is 0 Å². The first-order chi connectivity index (χ1) is 13.2. The zero-order chi connectivity index (χ0) is 19.1. The zero-order valence-corrected chi connectivity index (χ0v) is 14.9. The van der Waals surface area contributed by atoms with Crippen LogP contribution in [-0.2, 0) is 0 Å². The lowest BCUT2D eigenvalue weighted by Crippen LogP contribution is -1.92. The average molecular weight is 359 g/mol. The third kappa shape index (κ3) is 4.41. The SMILES string of the molecule is COc1ccc(/C(C#N)=C/c2cccc(Oc3ncccn3)c2)cc1OC. The van der Waals surface area contributed by atoms with Crippen LogP contribution in [0.25, 0.3) is 11.6 Å². The molecule has 6 nitrogen and oxygen atoms in total. The first kappa shape index (κ1) is 18.0. The number of nitrogens with zero attached hydrogens (tertiary/aromatic N) is 3. The highest BCUT2D eigenvalue weighted by Crippen LogP contribution is 2.31. The van der Waals surface area contributed by atoms with E-state index in [4.69, 9.17) is 14.2 Å². The third-order valence-corrected chi connectivity index (χ3v) is 3.74. The van der Waals surface area contributed by atoms with Crippen LogP contribution in [0.1, 0.15) is 11.1 Å². The molecule has 1 aromatic heterocycles. The van der Waals surface area contributed by atoms with Crippen LogP contribution in [0.3, 0.4) is 0 Å². The fourth-order valence-electron chi connectivity index (χ4n) is 2.46. The van der Waals surface area contributed by atoms with Crippen LogP contribution in [0.15, 0.2) is 60.9 Å². The Bertz CT molecular complexity index is 995. The van der Waals surface area contributed by atoms with E-state index >= 15 is 0 Å². The molecule has 0 atom stereocenters. The van der Waals surface area contributed by atoms with E-state index < -0.39 is 0 Å². The molecule has 0 fully saturated rings. The second kappa shape index (κ2) is 8.50.